The van der Waals surface area contributed by atoms with Crippen LogP contribution in [0.4, 0.5) is 0 Å². The second-order valence-corrected chi connectivity index (χ2v) is 6.44. The highest BCUT2D eigenvalue weighted by Gasteiger charge is 2.27. The average molecular weight is 285 g/mol. The Labute approximate surface area is 127 Å². The molecule has 0 spiro atoms. The molecule has 1 N–H and O–H groups in total. The Morgan fingerprint density at radius 3 is 1.57 bits per heavy atom. The van der Waals surface area contributed by atoms with Gasteiger partial charge >= 0.3 is 7.19 Å². The summed E-state index contributed by atoms with van der Waals surface area (Å²) in [6.45, 7) is 13.1. The van der Waals surface area contributed by atoms with Crippen LogP contribution in [0.5, 0.6) is 0 Å². The van der Waals surface area contributed by atoms with Crippen molar-refractivity contribution in [3.63, 3.8) is 0 Å². The molecular weight excluding hydrogens is 259 g/mol. The summed E-state index contributed by atoms with van der Waals surface area (Å²) >= 11 is 0. The highest BCUT2D eigenvalue weighted by molar-refractivity contribution is 6.48. The summed E-state index contributed by atoms with van der Waals surface area (Å²) < 4.78 is 4.43. The van der Waals surface area contributed by atoms with Gasteiger partial charge in [0, 0.05) is 6.42 Å². The predicted molar refractivity (Wildman–Crippen MR) is 89.5 cm³/mol. The molecular formula is C17H26BN2O-. The van der Waals surface area contributed by atoms with Gasteiger partial charge in [0.2, 0.25) is 0 Å². The number of hydrogen-bond donors (Lipinski definition) is 1. The first kappa shape index (κ1) is 14.5. The second kappa shape index (κ2) is 4.80. The van der Waals surface area contributed by atoms with E-state index in [1.54, 1.807) is 0 Å². The van der Waals surface area contributed by atoms with Crippen molar-refractivity contribution < 1.29 is 5.02 Å². The van der Waals surface area contributed by atoms with Crippen molar-refractivity contribution in [2.45, 2.75) is 60.8 Å². The normalized spacial score (nSPS) is 14.4. The van der Waals surface area contributed by atoms with Gasteiger partial charge in [-0.3, -0.25) is 0 Å². The van der Waals surface area contributed by atoms with Crippen molar-refractivity contribution in [1.82, 2.24) is 8.96 Å². The summed E-state index contributed by atoms with van der Waals surface area (Å²) in [7, 11) is -1.54. The quantitative estimate of drug-likeness (QED) is 0.845. The van der Waals surface area contributed by atoms with Crippen molar-refractivity contribution >= 4 is 7.19 Å². The van der Waals surface area contributed by atoms with E-state index in [2.05, 4.69) is 50.5 Å². The predicted octanol–water partition coefficient (Wildman–Crippen LogP) is 2.66. The fourth-order valence-corrected chi connectivity index (χ4v) is 4.59. The van der Waals surface area contributed by atoms with Crippen LogP contribution >= 0.6 is 0 Å². The minimum absolute atomic E-state index is 0.948. The van der Waals surface area contributed by atoms with Crippen molar-refractivity contribution in [1.29, 1.82) is 0 Å². The van der Waals surface area contributed by atoms with Gasteiger partial charge in [-0.15, -0.1) is 0 Å². The van der Waals surface area contributed by atoms with Gasteiger partial charge in [-0.25, -0.2) is 0 Å². The number of hydrogen-bond acceptors (Lipinski definition) is 1. The lowest BCUT2D eigenvalue weighted by molar-refractivity contribution is 0.518. The molecule has 1 aliphatic rings. The van der Waals surface area contributed by atoms with E-state index in [1.165, 1.54) is 45.0 Å². The van der Waals surface area contributed by atoms with Crippen LogP contribution in [0, 0.1) is 27.7 Å². The van der Waals surface area contributed by atoms with Gasteiger partial charge in [0.05, 0.1) is 0 Å². The van der Waals surface area contributed by atoms with Crippen LogP contribution in [-0.2, 0) is 19.3 Å². The van der Waals surface area contributed by atoms with Crippen molar-refractivity contribution in [2.75, 3.05) is 0 Å². The summed E-state index contributed by atoms with van der Waals surface area (Å²) in [6.07, 6.45) is 3.02. The van der Waals surface area contributed by atoms with Crippen LogP contribution in [0.3, 0.4) is 0 Å². The van der Waals surface area contributed by atoms with Gasteiger partial charge in [0.1, 0.15) is 0 Å². The molecule has 21 heavy (non-hydrogen) atoms. The average Bonchev–Trinajstić information content (AvgIpc) is 2.84. The van der Waals surface area contributed by atoms with Crippen LogP contribution in [-0.4, -0.2) is 21.2 Å². The van der Waals surface area contributed by atoms with Gasteiger partial charge in [-0.05, 0) is 85.6 Å². The van der Waals surface area contributed by atoms with E-state index in [9.17, 15) is 5.02 Å². The minimum atomic E-state index is -1.54. The summed E-state index contributed by atoms with van der Waals surface area (Å²) in [6, 6.07) is 0. The van der Waals surface area contributed by atoms with Crippen molar-refractivity contribution in [3.05, 3.63) is 45.0 Å². The lowest BCUT2D eigenvalue weighted by Crippen LogP contribution is -2.41. The third-order valence-electron chi connectivity index (χ3n) is 5.71. The molecule has 0 saturated heterocycles. The molecule has 0 radical (unpaired) electrons. The molecule has 4 heteroatoms. The lowest BCUT2D eigenvalue weighted by atomic mass is 9.92. The first-order chi connectivity index (χ1) is 9.93. The number of nitrogens with zero attached hydrogens (tertiary/aromatic N) is 2. The third kappa shape index (κ3) is 1.72. The fraction of sp³-hybridized carbons (Fsp3) is 0.529. The molecule has 0 unspecified atom stereocenters. The molecule has 0 fully saturated rings. The van der Waals surface area contributed by atoms with E-state index < -0.39 is 7.19 Å². The maximum absolute atomic E-state index is 11.1. The largest absolute Gasteiger partial charge is 0.572 e. The third-order valence-corrected chi connectivity index (χ3v) is 5.71. The molecule has 0 bridgehead atoms. The standard InChI is InChI=1S/C17H26BN2O/c1-7-14-10(3)16-9-17-11(4)15(8-2)13(6)20(17)18(21)19(16)12(14)5/h18,21H,7-9H2,1-6H3/q-1. The van der Waals surface area contributed by atoms with E-state index >= 15 is 0 Å². The Balaban J connectivity index is 2.27. The van der Waals surface area contributed by atoms with Gasteiger partial charge < -0.3 is 14.0 Å². The van der Waals surface area contributed by atoms with E-state index in [0.717, 1.165) is 19.3 Å². The lowest BCUT2D eigenvalue weighted by Gasteiger charge is -2.36. The SMILES string of the molecule is CCc1c(C)c2n(c1C)[BH-](O)n1c(C)c(CC)c(C)c1C2. The Kier molecular flexibility index (Phi) is 3.32. The number of rotatable bonds is 2. The van der Waals surface area contributed by atoms with Crippen LogP contribution in [0.1, 0.15) is 58.9 Å². The monoisotopic (exact) mass is 285 g/mol. The van der Waals surface area contributed by atoms with Gasteiger partial charge in [-0.2, -0.15) is 0 Å². The minimum Gasteiger partial charge on any atom is -0.572 e. The van der Waals surface area contributed by atoms with Crippen molar-refractivity contribution in [2.24, 2.45) is 0 Å². The summed E-state index contributed by atoms with van der Waals surface area (Å²) in [5, 5.41) is 11.1. The summed E-state index contributed by atoms with van der Waals surface area (Å²) in [4.78, 5) is 0. The molecule has 3 rings (SSSR count). The molecule has 3 nitrogen and oxygen atoms in total. The summed E-state index contributed by atoms with van der Waals surface area (Å²) in [5.74, 6) is 0. The first-order valence-corrected chi connectivity index (χ1v) is 8.17. The fourth-order valence-electron chi connectivity index (χ4n) is 4.59. The van der Waals surface area contributed by atoms with E-state index in [4.69, 9.17) is 0 Å². The molecule has 2 aromatic heterocycles. The number of aromatic nitrogens is 2. The van der Waals surface area contributed by atoms with Crippen LogP contribution in [0.2, 0.25) is 0 Å². The molecule has 2 aromatic rings. The highest BCUT2D eigenvalue weighted by atomic mass is 16.2. The first-order valence-electron chi connectivity index (χ1n) is 8.17. The topological polar surface area (TPSA) is 30.1 Å². The van der Waals surface area contributed by atoms with Gasteiger partial charge in [0.25, 0.3) is 0 Å². The second-order valence-electron chi connectivity index (χ2n) is 6.44. The van der Waals surface area contributed by atoms with Crippen LogP contribution in [0.25, 0.3) is 0 Å². The van der Waals surface area contributed by atoms with E-state index in [1.807, 2.05) is 0 Å². The highest BCUT2D eigenvalue weighted by Crippen LogP contribution is 2.33. The van der Waals surface area contributed by atoms with Gasteiger partial charge in [0.15, 0.2) is 0 Å². The van der Waals surface area contributed by atoms with E-state index in [0.29, 0.717) is 0 Å². The molecule has 0 amide bonds. The van der Waals surface area contributed by atoms with Gasteiger partial charge in [-0.1, -0.05) is 13.8 Å². The van der Waals surface area contributed by atoms with Crippen molar-refractivity contribution in [3.8, 4) is 0 Å². The molecule has 114 valence electrons. The maximum Gasteiger partial charge on any atom is 0.303 e. The van der Waals surface area contributed by atoms with E-state index in [-0.39, 0.29) is 0 Å². The Hall–Kier alpha value is -1.42. The zero-order chi connectivity index (χ0) is 15.5. The molecule has 0 aromatic carbocycles. The molecule has 3 heterocycles. The Morgan fingerprint density at radius 2 is 1.24 bits per heavy atom. The van der Waals surface area contributed by atoms with Crippen LogP contribution < -0.4 is 0 Å². The zero-order valence-corrected chi connectivity index (χ0v) is 14.2. The Morgan fingerprint density at radius 1 is 0.857 bits per heavy atom. The van der Waals surface area contributed by atoms with Crippen LogP contribution in [0.15, 0.2) is 0 Å². The molecule has 0 saturated carbocycles. The smallest absolute Gasteiger partial charge is 0.303 e. The maximum atomic E-state index is 11.1. The zero-order valence-electron chi connectivity index (χ0n) is 14.2. The number of fused-ring (bicyclic) bond motifs is 2. The molecule has 0 atom stereocenters. The summed E-state index contributed by atoms with van der Waals surface area (Å²) in [5.41, 5.74) is 10.7. The molecule has 0 aliphatic carbocycles. The Bertz CT molecular complexity index is 664. The molecule has 1 aliphatic heterocycles.